The molecular formula is C14H22N2O4. The van der Waals surface area contributed by atoms with E-state index in [1.165, 1.54) is 0 Å². The van der Waals surface area contributed by atoms with Gasteiger partial charge in [-0.05, 0) is 26.0 Å². The highest BCUT2D eigenvalue weighted by molar-refractivity contribution is 5.94. The lowest BCUT2D eigenvalue weighted by molar-refractivity contribution is 0.0355. The van der Waals surface area contributed by atoms with Crippen LogP contribution in [-0.2, 0) is 9.47 Å². The summed E-state index contributed by atoms with van der Waals surface area (Å²) in [5, 5.41) is 13.1. The third kappa shape index (κ3) is 5.14. The molecule has 0 spiro atoms. The van der Waals surface area contributed by atoms with Crippen molar-refractivity contribution in [2.45, 2.75) is 25.9 Å². The highest BCUT2D eigenvalue weighted by atomic mass is 16.5. The molecule has 1 heterocycles. The van der Waals surface area contributed by atoms with Crippen LogP contribution in [0.3, 0.4) is 0 Å². The summed E-state index contributed by atoms with van der Waals surface area (Å²) in [6.45, 7) is 4.48. The number of carbonyl (C=O) groups excluding carboxylic acids is 1. The average molecular weight is 282 g/mol. The lowest BCUT2D eigenvalue weighted by Gasteiger charge is -2.24. The number of hydrogen-bond donors (Lipinski definition) is 2. The van der Waals surface area contributed by atoms with Crippen LogP contribution in [0.4, 0.5) is 5.82 Å². The summed E-state index contributed by atoms with van der Waals surface area (Å²) >= 11 is 0. The second-order valence-corrected chi connectivity index (χ2v) is 4.71. The van der Waals surface area contributed by atoms with E-state index < -0.39 is 11.6 Å². The first-order valence-electron chi connectivity index (χ1n) is 6.57. The van der Waals surface area contributed by atoms with Crippen molar-refractivity contribution in [1.82, 2.24) is 4.98 Å². The molecule has 0 aromatic carbocycles. The van der Waals surface area contributed by atoms with E-state index in [1.54, 1.807) is 39.3 Å². The summed E-state index contributed by atoms with van der Waals surface area (Å²) in [5.74, 6) is -0.0247. The number of hydrogen-bond acceptors (Lipinski definition) is 6. The van der Waals surface area contributed by atoms with Crippen LogP contribution in [0.15, 0.2) is 18.3 Å². The maximum Gasteiger partial charge on any atom is 0.341 e. The van der Waals surface area contributed by atoms with Crippen LogP contribution in [-0.4, -0.2) is 48.5 Å². The summed E-state index contributed by atoms with van der Waals surface area (Å²) in [5.41, 5.74) is -0.587. The van der Waals surface area contributed by atoms with Gasteiger partial charge < -0.3 is 19.9 Å². The highest BCUT2D eigenvalue weighted by Gasteiger charge is 2.21. The molecule has 112 valence electrons. The Morgan fingerprint density at radius 3 is 2.95 bits per heavy atom. The van der Waals surface area contributed by atoms with Gasteiger partial charge in [0, 0.05) is 32.9 Å². The quantitative estimate of drug-likeness (QED) is 0.703. The topological polar surface area (TPSA) is 80.7 Å². The predicted molar refractivity (Wildman–Crippen MR) is 75.8 cm³/mol. The lowest BCUT2D eigenvalue weighted by atomic mass is 10.0. The van der Waals surface area contributed by atoms with E-state index in [4.69, 9.17) is 9.47 Å². The van der Waals surface area contributed by atoms with E-state index in [1.807, 2.05) is 0 Å². The molecule has 0 aliphatic heterocycles. The molecule has 0 bridgehead atoms. The molecule has 1 aromatic heterocycles. The van der Waals surface area contributed by atoms with E-state index in [0.717, 1.165) is 0 Å². The smallest absolute Gasteiger partial charge is 0.341 e. The lowest BCUT2D eigenvalue weighted by Crippen LogP contribution is -2.35. The first-order chi connectivity index (χ1) is 9.50. The van der Waals surface area contributed by atoms with Gasteiger partial charge in [0.25, 0.3) is 0 Å². The Hall–Kier alpha value is -1.66. The van der Waals surface area contributed by atoms with Gasteiger partial charge in [-0.3, -0.25) is 0 Å². The molecular weight excluding hydrogens is 260 g/mol. The molecule has 2 N–H and O–H groups in total. The van der Waals surface area contributed by atoms with Crippen LogP contribution in [0.2, 0.25) is 0 Å². The van der Waals surface area contributed by atoms with Gasteiger partial charge in [-0.1, -0.05) is 0 Å². The fourth-order valence-corrected chi connectivity index (χ4v) is 1.60. The molecule has 0 aliphatic rings. The number of methoxy groups -OCH3 is 1. The standard InChI is InChI=1S/C14H22N2O4/c1-4-20-13(17)11-6-5-8-15-12(11)16-10-14(2,18)7-9-19-3/h5-6,8,18H,4,7,9-10H2,1-3H3,(H,15,16). The first kappa shape index (κ1) is 16.4. The van der Waals surface area contributed by atoms with Crippen molar-refractivity contribution in [3.8, 4) is 0 Å². The molecule has 1 aromatic rings. The Morgan fingerprint density at radius 2 is 2.30 bits per heavy atom. The van der Waals surface area contributed by atoms with Gasteiger partial charge in [-0.25, -0.2) is 9.78 Å². The number of pyridine rings is 1. The zero-order valence-corrected chi connectivity index (χ0v) is 12.2. The number of esters is 1. The molecule has 1 rings (SSSR count). The monoisotopic (exact) mass is 282 g/mol. The number of nitrogens with zero attached hydrogens (tertiary/aromatic N) is 1. The summed E-state index contributed by atoms with van der Waals surface area (Å²) in [7, 11) is 1.58. The molecule has 0 aliphatic carbocycles. The fraction of sp³-hybridized carbons (Fsp3) is 0.571. The molecule has 1 atom stereocenters. The number of carbonyl (C=O) groups is 1. The Bertz CT molecular complexity index is 435. The van der Waals surface area contributed by atoms with Gasteiger partial charge >= 0.3 is 5.97 Å². The minimum atomic E-state index is -0.945. The number of aromatic nitrogens is 1. The molecule has 0 saturated heterocycles. The van der Waals surface area contributed by atoms with Crippen LogP contribution >= 0.6 is 0 Å². The van der Waals surface area contributed by atoms with Crippen LogP contribution in [0, 0.1) is 0 Å². The minimum absolute atomic E-state index is 0.264. The van der Waals surface area contributed by atoms with Crippen LogP contribution < -0.4 is 5.32 Å². The number of anilines is 1. The summed E-state index contributed by atoms with van der Waals surface area (Å²) in [4.78, 5) is 15.9. The van der Waals surface area contributed by atoms with Crippen molar-refractivity contribution in [2.75, 3.05) is 32.2 Å². The van der Waals surface area contributed by atoms with Gasteiger partial charge in [0.05, 0.1) is 12.2 Å². The summed E-state index contributed by atoms with van der Waals surface area (Å²) in [6.07, 6.45) is 2.06. The maximum atomic E-state index is 11.8. The zero-order valence-electron chi connectivity index (χ0n) is 12.2. The number of ether oxygens (including phenoxy) is 2. The maximum absolute atomic E-state index is 11.8. The van der Waals surface area contributed by atoms with Crippen molar-refractivity contribution in [3.63, 3.8) is 0 Å². The number of aliphatic hydroxyl groups is 1. The van der Waals surface area contributed by atoms with Gasteiger partial charge in [0.2, 0.25) is 0 Å². The van der Waals surface area contributed by atoms with E-state index in [-0.39, 0.29) is 6.54 Å². The van der Waals surface area contributed by atoms with Crippen molar-refractivity contribution in [2.24, 2.45) is 0 Å². The minimum Gasteiger partial charge on any atom is -0.462 e. The highest BCUT2D eigenvalue weighted by Crippen LogP contribution is 2.16. The normalized spacial score (nSPS) is 13.6. The van der Waals surface area contributed by atoms with Gasteiger partial charge in [0.15, 0.2) is 0 Å². The van der Waals surface area contributed by atoms with Crippen LogP contribution in [0.25, 0.3) is 0 Å². The third-order valence-electron chi connectivity index (χ3n) is 2.78. The molecule has 0 saturated carbocycles. The van der Waals surface area contributed by atoms with E-state index in [0.29, 0.717) is 31.0 Å². The fourth-order valence-electron chi connectivity index (χ4n) is 1.60. The molecule has 6 heteroatoms. The van der Waals surface area contributed by atoms with Gasteiger partial charge in [-0.15, -0.1) is 0 Å². The Balaban J connectivity index is 2.70. The Morgan fingerprint density at radius 1 is 1.55 bits per heavy atom. The van der Waals surface area contributed by atoms with Crippen molar-refractivity contribution >= 4 is 11.8 Å². The Kier molecular flexibility index (Phi) is 6.41. The number of rotatable bonds is 8. The molecule has 0 amide bonds. The van der Waals surface area contributed by atoms with Crippen LogP contribution in [0.1, 0.15) is 30.6 Å². The van der Waals surface area contributed by atoms with Crippen molar-refractivity contribution < 1.29 is 19.4 Å². The van der Waals surface area contributed by atoms with E-state index in [2.05, 4.69) is 10.3 Å². The van der Waals surface area contributed by atoms with E-state index >= 15 is 0 Å². The summed E-state index contributed by atoms with van der Waals surface area (Å²) < 4.78 is 9.91. The molecule has 0 fully saturated rings. The largest absolute Gasteiger partial charge is 0.462 e. The molecule has 0 radical (unpaired) electrons. The summed E-state index contributed by atoms with van der Waals surface area (Å²) in [6, 6.07) is 3.30. The number of nitrogens with one attached hydrogen (secondary N) is 1. The second-order valence-electron chi connectivity index (χ2n) is 4.71. The van der Waals surface area contributed by atoms with Gasteiger partial charge in [0.1, 0.15) is 11.4 Å². The third-order valence-corrected chi connectivity index (χ3v) is 2.78. The van der Waals surface area contributed by atoms with E-state index in [9.17, 15) is 9.90 Å². The van der Waals surface area contributed by atoms with Gasteiger partial charge in [-0.2, -0.15) is 0 Å². The predicted octanol–water partition coefficient (Wildman–Crippen LogP) is 1.46. The second kappa shape index (κ2) is 7.81. The Labute approximate surface area is 119 Å². The molecule has 20 heavy (non-hydrogen) atoms. The zero-order chi connectivity index (χ0) is 15.0. The first-order valence-corrected chi connectivity index (χ1v) is 6.57. The molecule has 1 unspecified atom stereocenters. The average Bonchev–Trinajstić information content (AvgIpc) is 2.44. The van der Waals surface area contributed by atoms with Crippen molar-refractivity contribution in [3.05, 3.63) is 23.9 Å². The molecule has 6 nitrogen and oxygen atoms in total. The van der Waals surface area contributed by atoms with Crippen molar-refractivity contribution in [1.29, 1.82) is 0 Å². The SMILES string of the molecule is CCOC(=O)c1cccnc1NCC(C)(O)CCOC. The van der Waals surface area contributed by atoms with Crippen LogP contribution in [0.5, 0.6) is 0 Å².